The zero-order chi connectivity index (χ0) is 15.6. The van der Waals surface area contributed by atoms with E-state index in [1.165, 1.54) is 0 Å². The molecule has 0 aromatic heterocycles. The quantitative estimate of drug-likeness (QED) is 0.787. The number of carboxylic acid groups (broad SMARTS) is 1. The van der Waals surface area contributed by atoms with Gasteiger partial charge in [0, 0.05) is 32.6 Å². The molecule has 0 bridgehead atoms. The minimum absolute atomic E-state index is 0.0539. The largest absolute Gasteiger partial charge is 0.481 e. The molecular formula is C14H23N3O4. The predicted octanol–water partition coefficient (Wildman–Crippen LogP) is 0.359. The van der Waals surface area contributed by atoms with Crippen LogP contribution in [0.2, 0.25) is 0 Å². The molecule has 2 heterocycles. The van der Waals surface area contributed by atoms with Gasteiger partial charge in [0.05, 0.1) is 12.0 Å². The highest BCUT2D eigenvalue weighted by Crippen LogP contribution is 2.22. The van der Waals surface area contributed by atoms with Crippen molar-refractivity contribution in [2.45, 2.75) is 32.7 Å². The summed E-state index contributed by atoms with van der Waals surface area (Å²) in [6, 6.07) is -0.436. The molecule has 0 aliphatic carbocycles. The number of likely N-dealkylation sites (N-methyl/N-ethyl adjacent to an activating group) is 1. The molecule has 0 radical (unpaired) electrons. The molecule has 118 valence electrons. The summed E-state index contributed by atoms with van der Waals surface area (Å²) in [5.41, 5.74) is 0. The summed E-state index contributed by atoms with van der Waals surface area (Å²) in [4.78, 5) is 38.3. The zero-order valence-electron chi connectivity index (χ0n) is 12.5. The Morgan fingerprint density at radius 1 is 1.33 bits per heavy atom. The summed E-state index contributed by atoms with van der Waals surface area (Å²) in [5, 5.41) is 12.0. The Bertz CT molecular complexity index is 440. The molecule has 2 saturated heterocycles. The first-order valence-corrected chi connectivity index (χ1v) is 7.46. The van der Waals surface area contributed by atoms with E-state index in [0.717, 1.165) is 0 Å². The SMILES string of the molecule is CCN1CC(NC(=O)N2CC(C)CC(C(=O)O)C2)CC1=O. The fourth-order valence-corrected chi connectivity index (χ4v) is 3.14. The maximum atomic E-state index is 12.3. The normalized spacial score (nSPS) is 29.6. The summed E-state index contributed by atoms with van der Waals surface area (Å²) < 4.78 is 0. The van der Waals surface area contributed by atoms with Gasteiger partial charge in [-0.05, 0) is 19.3 Å². The number of nitrogens with zero attached hydrogens (tertiary/aromatic N) is 2. The first-order chi connectivity index (χ1) is 9.90. The van der Waals surface area contributed by atoms with Crippen molar-refractivity contribution < 1.29 is 19.5 Å². The van der Waals surface area contributed by atoms with Crippen molar-refractivity contribution in [2.75, 3.05) is 26.2 Å². The molecule has 2 rings (SSSR count). The molecule has 21 heavy (non-hydrogen) atoms. The second-order valence-corrected chi connectivity index (χ2v) is 6.06. The van der Waals surface area contributed by atoms with Crippen molar-refractivity contribution in [1.29, 1.82) is 0 Å². The van der Waals surface area contributed by atoms with Gasteiger partial charge in [0.25, 0.3) is 0 Å². The minimum atomic E-state index is -0.854. The number of likely N-dealkylation sites (tertiary alicyclic amines) is 2. The molecule has 0 saturated carbocycles. The lowest BCUT2D eigenvalue weighted by Crippen LogP contribution is -2.52. The molecule has 3 amide bonds. The van der Waals surface area contributed by atoms with Crippen LogP contribution in [0.1, 0.15) is 26.7 Å². The maximum Gasteiger partial charge on any atom is 0.317 e. The number of aliphatic carboxylic acids is 1. The predicted molar refractivity (Wildman–Crippen MR) is 75.7 cm³/mol. The highest BCUT2D eigenvalue weighted by atomic mass is 16.4. The third-order valence-corrected chi connectivity index (χ3v) is 4.22. The average molecular weight is 297 g/mol. The van der Waals surface area contributed by atoms with Crippen LogP contribution in [0.15, 0.2) is 0 Å². The van der Waals surface area contributed by atoms with Crippen molar-refractivity contribution >= 4 is 17.9 Å². The van der Waals surface area contributed by atoms with Gasteiger partial charge in [0.2, 0.25) is 5.91 Å². The number of hydrogen-bond acceptors (Lipinski definition) is 3. The lowest BCUT2D eigenvalue weighted by Gasteiger charge is -2.35. The van der Waals surface area contributed by atoms with E-state index < -0.39 is 11.9 Å². The lowest BCUT2D eigenvalue weighted by atomic mass is 9.91. The number of rotatable bonds is 3. The second-order valence-electron chi connectivity index (χ2n) is 6.06. The number of urea groups is 1. The number of piperidine rings is 1. The first kappa shape index (κ1) is 15.6. The van der Waals surface area contributed by atoms with Crippen LogP contribution in [0.25, 0.3) is 0 Å². The lowest BCUT2D eigenvalue weighted by molar-refractivity contribution is -0.143. The Hall–Kier alpha value is -1.79. The van der Waals surface area contributed by atoms with Gasteiger partial charge in [-0.3, -0.25) is 9.59 Å². The van der Waals surface area contributed by atoms with Gasteiger partial charge in [-0.1, -0.05) is 6.92 Å². The van der Waals surface area contributed by atoms with E-state index in [1.807, 2.05) is 13.8 Å². The highest BCUT2D eigenvalue weighted by molar-refractivity contribution is 5.82. The Morgan fingerprint density at radius 3 is 2.62 bits per heavy atom. The third kappa shape index (κ3) is 3.65. The summed E-state index contributed by atoms with van der Waals surface area (Å²) in [6.07, 6.45) is 0.927. The molecule has 0 spiro atoms. The number of carbonyl (C=O) groups is 3. The van der Waals surface area contributed by atoms with Crippen LogP contribution in [0.4, 0.5) is 4.79 Å². The van der Waals surface area contributed by atoms with Crippen molar-refractivity contribution in [3.05, 3.63) is 0 Å². The van der Waals surface area contributed by atoms with Crippen molar-refractivity contribution in [2.24, 2.45) is 11.8 Å². The number of amides is 3. The van der Waals surface area contributed by atoms with Gasteiger partial charge in [-0.2, -0.15) is 0 Å². The zero-order valence-corrected chi connectivity index (χ0v) is 12.5. The molecule has 2 N–H and O–H groups in total. The van der Waals surface area contributed by atoms with E-state index in [2.05, 4.69) is 5.32 Å². The van der Waals surface area contributed by atoms with Crippen molar-refractivity contribution in [3.63, 3.8) is 0 Å². The van der Waals surface area contributed by atoms with Crippen LogP contribution in [0.5, 0.6) is 0 Å². The van der Waals surface area contributed by atoms with E-state index >= 15 is 0 Å². The summed E-state index contributed by atoms with van der Waals surface area (Å²) >= 11 is 0. The van der Waals surface area contributed by atoms with Crippen LogP contribution >= 0.6 is 0 Å². The van der Waals surface area contributed by atoms with E-state index in [-0.39, 0.29) is 30.4 Å². The minimum Gasteiger partial charge on any atom is -0.481 e. The van der Waals surface area contributed by atoms with E-state index in [0.29, 0.717) is 32.5 Å². The van der Waals surface area contributed by atoms with E-state index in [1.54, 1.807) is 9.80 Å². The molecule has 2 aliphatic heterocycles. The molecular weight excluding hydrogens is 274 g/mol. The molecule has 3 atom stereocenters. The Balaban J connectivity index is 1.91. The van der Waals surface area contributed by atoms with E-state index in [9.17, 15) is 14.4 Å². The molecule has 0 aromatic carbocycles. The molecule has 3 unspecified atom stereocenters. The van der Waals surface area contributed by atoms with Crippen LogP contribution in [-0.2, 0) is 9.59 Å². The highest BCUT2D eigenvalue weighted by Gasteiger charge is 2.34. The topological polar surface area (TPSA) is 90.0 Å². The van der Waals surface area contributed by atoms with Crippen LogP contribution < -0.4 is 5.32 Å². The molecule has 7 heteroatoms. The maximum absolute atomic E-state index is 12.3. The molecule has 0 aromatic rings. The fraction of sp³-hybridized carbons (Fsp3) is 0.786. The average Bonchev–Trinajstić information content (AvgIpc) is 2.77. The molecule has 7 nitrogen and oxygen atoms in total. The van der Waals surface area contributed by atoms with Crippen LogP contribution in [-0.4, -0.2) is 65.0 Å². The van der Waals surface area contributed by atoms with Gasteiger partial charge in [-0.25, -0.2) is 4.79 Å². The van der Waals surface area contributed by atoms with Gasteiger partial charge in [-0.15, -0.1) is 0 Å². The van der Waals surface area contributed by atoms with Gasteiger partial charge in [0.1, 0.15) is 0 Å². The van der Waals surface area contributed by atoms with Crippen LogP contribution in [0.3, 0.4) is 0 Å². The molecule has 2 aliphatic rings. The smallest absolute Gasteiger partial charge is 0.317 e. The molecule has 2 fully saturated rings. The Labute approximate surface area is 124 Å². The van der Waals surface area contributed by atoms with Gasteiger partial charge in [0.15, 0.2) is 0 Å². The monoisotopic (exact) mass is 297 g/mol. The standard InChI is InChI=1S/C14H23N3O4/c1-3-16-8-11(5-12(16)18)15-14(21)17-6-9(2)4-10(7-17)13(19)20/h9-11H,3-8H2,1-2H3,(H,15,21)(H,19,20). The van der Waals surface area contributed by atoms with Gasteiger partial charge >= 0.3 is 12.0 Å². The number of carboxylic acids is 1. The van der Waals surface area contributed by atoms with Crippen molar-refractivity contribution in [1.82, 2.24) is 15.1 Å². The van der Waals surface area contributed by atoms with Crippen LogP contribution in [0, 0.1) is 11.8 Å². The first-order valence-electron chi connectivity index (χ1n) is 7.46. The number of hydrogen-bond donors (Lipinski definition) is 2. The van der Waals surface area contributed by atoms with Gasteiger partial charge < -0.3 is 20.2 Å². The Kier molecular flexibility index (Phi) is 4.69. The number of nitrogens with one attached hydrogen (secondary N) is 1. The van der Waals surface area contributed by atoms with E-state index in [4.69, 9.17) is 5.11 Å². The van der Waals surface area contributed by atoms with Crippen molar-refractivity contribution in [3.8, 4) is 0 Å². The summed E-state index contributed by atoms with van der Waals surface area (Å²) in [5.74, 6) is -1.13. The summed E-state index contributed by atoms with van der Waals surface area (Å²) in [7, 11) is 0. The second kappa shape index (κ2) is 6.32. The Morgan fingerprint density at radius 2 is 2.05 bits per heavy atom. The summed E-state index contributed by atoms with van der Waals surface area (Å²) in [6.45, 7) is 5.84. The fourth-order valence-electron chi connectivity index (χ4n) is 3.14. The number of carbonyl (C=O) groups excluding carboxylic acids is 2. The third-order valence-electron chi connectivity index (χ3n) is 4.22.